The number of rotatable bonds is 0. The van der Waals surface area contributed by atoms with Gasteiger partial charge in [0, 0.05) is 17.7 Å². The van der Waals surface area contributed by atoms with Gasteiger partial charge in [-0.3, -0.25) is 9.59 Å². The van der Waals surface area contributed by atoms with Gasteiger partial charge in [-0.1, -0.05) is 0 Å². The van der Waals surface area contributed by atoms with Gasteiger partial charge < -0.3 is 16.0 Å². The molecule has 2 aromatic rings. The lowest BCUT2D eigenvalue weighted by molar-refractivity contribution is -0.120. The van der Waals surface area contributed by atoms with Crippen LogP contribution in [0.15, 0.2) is 24.3 Å². The van der Waals surface area contributed by atoms with E-state index < -0.39 is 40.7 Å². The largest absolute Gasteiger partial charge is 0.350 e. The van der Waals surface area contributed by atoms with Crippen molar-refractivity contribution in [1.29, 1.82) is 0 Å². The van der Waals surface area contributed by atoms with Gasteiger partial charge in [0.05, 0.1) is 16.9 Å². The van der Waals surface area contributed by atoms with Gasteiger partial charge in [-0.2, -0.15) is 0 Å². The minimum absolute atomic E-state index is 0.176. The van der Waals surface area contributed by atoms with Gasteiger partial charge in [0.15, 0.2) is 11.6 Å². The van der Waals surface area contributed by atoms with Crippen LogP contribution in [0, 0.1) is 23.3 Å². The fraction of sp³-hybridized carbons (Fsp3) is 0.0667. The van der Waals surface area contributed by atoms with E-state index in [2.05, 4.69) is 16.0 Å². The van der Waals surface area contributed by atoms with E-state index in [1.54, 1.807) is 0 Å². The Morgan fingerprint density at radius 2 is 1.54 bits per heavy atom. The summed E-state index contributed by atoms with van der Waals surface area (Å²) in [5.74, 6) is -6.25. The second kappa shape index (κ2) is 4.47. The van der Waals surface area contributed by atoms with Crippen molar-refractivity contribution in [3.05, 3.63) is 58.7 Å². The quantitative estimate of drug-likeness (QED) is 0.646. The number of fused-ring (bicyclic) bond motifs is 3. The number of nitrogens with one attached hydrogen (secondary N) is 3. The summed E-state index contributed by atoms with van der Waals surface area (Å²) < 4.78 is 54.2. The Morgan fingerprint density at radius 3 is 2.29 bits per heavy atom. The summed E-state index contributed by atoms with van der Waals surface area (Å²) in [5.41, 5.74) is -2.94. The first-order chi connectivity index (χ1) is 11.3. The predicted octanol–water partition coefficient (Wildman–Crippen LogP) is 2.20. The summed E-state index contributed by atoms with van der Waals surface area (Å²) in [7, 11) is 0. The van der Waals surface area contributed by atoms with Gasteiger partial charge in [0.1, 0.15) is 11.6 Å². The van der Waals surface area contributed by atoms with Gasteiger partial charge in [-0.25, -0.2) is 17.6 Å². The number of hydrogen-bond acceptors (Lipinski definition) is 3. The average molecular weight is 337 g/mol. The highest BCUT2D eigenvalue weighted by molar-refractivity contribution is 6.14. The highest BCUT2D eigenvalue weighted by atomic mass is 19.2. The second-order valence-electron chi connectivity index (χ2n) is 5.41. The third kappa shape index (κ3) is 1.75. The zero-order chi connectivity index (χ0) is 17.2. The fourth-order valence-electron chi connectivity index (χ4n) is 2.88. The van der Waals surface area contributed by atoms with Crippen LogP contribution in [0.1, 0.15) is 15.9 Å². The Hall–Kier alpha value is -3.10. The second-order valence-corrected chi connectivity index (χ2v) is 5.41. The van der Waals surface area contributed by atoms with E-state index in [1.807, 2.05) is 0 Å². The third-order valence-corrected chi connectivity index (χ3v) is 3.97. The van der Waals surface area contributed by atoms with E-state index in [-0.39, 0.29) is 22.5 Å². The Morgan fingerprint density at radius 1 is 0.833 bits per heavy atom. The zero-order valence-electron chi connectivity index (χ0n) is 11.6. The zero-order valence-corrected chi connectivity index (χ0v) is 11.6. The maximum absolute atomic E-state index is 13.9. The molecule has 24 heavy (non-hydrogen) atoms. The molecule has 1 atom stereocenters. The topological polar surface area (TPSA) is 70.2 Å². The molecule has 122 valence electrons. The van der Waals surface area contributed by atoms with E-state index in [9.17, 15) is 27.2 Å². The highest BCUT2D eigenvalue weighted by Gasteiger charge is 2.52. The number of carbonyl (C=O) groups excluding carboxylic acids is 2. The lowest BCUT2D eigenvalue weighted by Gasteiger charge is -2.35. The van der Waals surface area contributed by atoms with Crippen molar-refractivity contribution in [3.8, 4) is 0 Å². The number of amides is 2. The average Bonchev–Trinajstić information content (AvgIpc) is 2.75. The predicted molar refractivity (Wildman–Crippen MR) is 74.1 cm³/mol. The number of carbonyl (C=O) groups is 2. The summed E-state index contributed by atoms with van der Waals surface area (Å²) in [6.07, 6.45) is 0. The fourth-order valence-corrected chi connectivity index (χ4v) is 2.88. The van der Waals surface area contributed by atoms with Crippen LogP contribution in [0.3, 0.4) is 0 Å². The van der Waals surface area contributed by atoms with Crippen LogP contribution in [-0.4, -0.2) is 11.8 Å². The number of hydrogen-bond donors (Lipinski definition) is 3. The van der Waals surface area contributed by atoms with Crippen LogP contribution in [0.25, 0.3) is 0 Å². The molecule has 3 N–H and O–H groups in total. The van der Waals surface area contributed by atoms with Crippen LogP contribution in [-0.2, 0) is 10.5 Å². The van der Waals surface area contributed by atoms with Crippen LogP contribution in [0.5, 0.6) is 0 Å². The van der Waals surface area contributed by atoms with Crippen LogP contribution in [0.2, 0.25) is 0 Å². The van der Waals surface area contributed by atoms with E-state index >= 15 is 0 Å². The normalized spacial score (nSPS) is 21.0. The van der Waals surface area contributed by atoms with Crippen molar-refractivity contribution < 1.29 is 27.2 Å². The van der Waals surface area contributed by atoms with Gasteiger partial charge in [0.25, 0.3) is 11.8 Å². The summed E-state index contributed by atoms with van der Waals surface area (Å²) in [6, 6.07) is 2.81. The number of anilines is 2. The van der Waals surface area contributed by atoms with E-state index in [0.29, 0.717) is 18.2 Å². The van der Waals surface area contributed by atoms with Crippen molar-refractivity contribution >= 4 is 23.2 Å². The Labute approximate surface area is 131 Å². The van der Waals surface area contributed by atoms with Crippen molar-refractivity contribution in [3.63, 3.8) is 0 Å². The molecule has 0 radical (unpaired) electrons. The first-order valence-electron chi connectivity index (χ1n) is 6.72. The van der Waals surface area contributed by atoms with Crippen molar-refractivity contribution in [1.82, 2.24) is 5.32 Å². The van der Waals surface area contributed by atoms with E-state index in [4.69, 9.17) is 0 Å². The molecule has 2 aromatic carbocycles. The Bertz CT molecular complexity index is 947. The lowest BCUT2D eigenvalue weighted by atomic mass is 9.95. The maximum Gasteiger partial charge on any atom is 0.276 e. The van der Waals surface area contributed by atoms with Gasteiger partial charge in [-0.05, 0) is 12.1 Å². The summed E-state index contributed by atoms with van der Waals surface area (Å²) in [6.45, 7) is 0. The Kier molecular flexibility index (Phi) is 2.70. The molecular weight excluding hydrogens is 330 g/mol. The van der Waals surface area contributed by atoms with E-state index in [0.717, 1.165) is 6.07 Å². The molecule has 1 spiro atoms. The highest BCUT2D eigenvalue weighted by Crippen LogP contribution is 2.42. The molecule has 0 saturated heterocycles. The minimum Gasteiger partial charge on any atom is -0.350 e. The first-order valence-corrected chi connectivity index (χ1v) is 6.72. The minimum atomic E-state index is -2.02. The van der Waals surface area contributed by atoms with Gasteiger partial charge in [-0.15, -0.1) is 0 Å². The van der Waals surface area contributed by atoms with Crippen LogP contribution >= 0.6 is 0 Å². The molecule has 9 heteroatoms. The van der Waals surface area contributed by atoms with Crippen LogP contribution in [0.4, 0.5) is 28.9 Å². The third-order valence-electron chi connectivity index (χ3n) is 3.97. The molecular formula is C15H7F4N3O2. The van der Waals surface area contributed by atoms with Gasteiger partial charge >= 0.3 is 0 Å². The molecule has 0 aliphatic carbocycles. The molecule has 0 fully saturated rings. The molecule has 0 bridgehead atoms. The number of benzene rings is 2. The van der Waals surface area contributed by atoms with Crippen molar-refractivity contribution in [2.45, 2.75) is 5.66 Å². The molecule has 4 rings (SSSR count). The smallest absolute Gasteiger partial charge is 0.276 e. The molecule has 0 saturated carbocycles. The molecule has 2 amide bonds. The van der Waals surface area contributed by atoms with Crippen molar-refractivity contribution in [2.24, 2.45) is 0 Å². The molecule has 2 aliphatic heterocycles. The summed E-state index contributed by atoms with van der Waals surface area (Å²) in [5, 5.41) is 7.02. The molecule has 0 aromatic heterocycles. The summed E-state index contributed by atoms with van der Waals surface area (Å²) in [4.78, 5) is 24.6. The van der Waals surface area contributed by atoms with Crippen LogP contribution < -0.4 is 16.0 Å². The maximum atomic E-state index is 13.9. The molecule has 2 aliphatic rings. The molecule has 5 nitrogen and oxygen atoms in total. The van der Waals surface area contributed by atoms with E-state index in [1.165, 1.54) is 0 Å². The summed E-state index contributed by atoms with van der Waals surface area (Å²) >= 11 is 0. The molecule has 1 unspecified atom stereocenters. The molecule has 2 heterocycles. The Balaban J connectivity index is 1.94. The number of halogens is 4. The lowest BCUT2D eigenvalue weighted by Crippen LogP contribution is -2.59. The SMILES string of the molecule is O=C1NC2(Nc3cc(F)c(F)cc31)C(=O)Nc1c(F)cc(F)cc12. The first kappa shape index (κ1) is 14.5. The van der Waals surface area contributed by atoms with Crippen molar-refractivity contribution in [2.75, 3.05) is 10.6 Å². The standard InChI is InChI=1S/C15H7F4N3O2/c16-5-1-7-12(10(19)2-5)20-14(24)15(7)21-11-4-9(18)8(17)3-6(11)13(23)22-15/h1-4,21H,(H,20,24)(H,22,23). The monoisotopic (exact) mass is 337 g/mol. The van der Waals surface area contributed by atoms with Gasteiger partial charge in [0.2, 0.25) is 5.66 Å².